The number of carbonyl (C=O) groups excluding carboxylic acids is 1. The summed E-state index contributed by atoms with van der Waals surface area (Å²) in [5.74, 6) is -0.222. The number of hydrogen-bond donors (Lipinski definition) is 1. The summed E-state index contributed by atoms with van der Waals surface area (Å²) in [5.41, 5.74) is 6.38. The van der Waals surface area contributed by atoms with Crippen molar-refractivity contribution in [1.29, 1.82) is 0 Å². The van der Waals surface area contributed by atoms with Gasteiger partial charge in [-0.25, -0.2) is 4.98 Å². The van der Waals surface area contributed by atoms with Crippen LogP contribution in [0.5, 0.6) is 0 Å². The topological polar surface area (TPSA) is 115 Å². The number of amides is 1. The molecule has 1 atom stereocenters. The summed E-state index contributed by atoms with van der Waals surface area (Å²) in [6.45, 7) is 8.02. The highest BCUT2D eigenvalue weighted by Gasteiger charge is 2.21. The van der Waals surface area contributed by atoms with Gasteiger partial charge >= 0.3 is 0 Å². The largest absolute Gasteiger partial charge is 0.301 e. The molecule has 1 unspecified atom stereocenters. The zero-order valence-corrected chi connectivity index (χ0v) is 21.6. The van der Waals surface area contributed by atoms with Crippen molar-refractivity contribution >= 4 is 56.4 Å². The van der Waals surface area contributed by atoms with Crippen LogP contribution >= 0.6 is 23.1 Å². The number of nitro groups is 1. The molecule has 5 aromatic rings. The van der Waals surface area contributed by atoms with Crippen LogP contribution in [0.25, 0.3) is 27.8 Å². The van der Waals surface area contributed by atoms with E-state index in [1.165, 1.54) is 40.8 Å². The van der Waals surface area contributed by atoms with Crippen LogP contribution in [0.1, 0.15) is 23.6 Å². The number of rotatable bonds is 6. The van der Waals surface area contributed by atoms with Crippen LogP contribution < -0.4 is 5.32 Å². The molecule has 0 fully saturated rings. The molecule has 3 aromatic heterocycles. The van der Waals surface area contributed by atoms with Gasteiger partial charge in [-0.3, -0.25) is 19.3 Å². The van der Waals surface area contributed by atoms with E-state index in [1.54, 1.807) is 17.5 Å². The lowest BCUT2D eigenvalue weighted by molar-refractivity contribution is -0.384. The SMILES string of the molecule is Cc1cc(C)c2c(c1)c(C)cc1nnc(SC(C)C(=O)Nc3nc(-c4cccc([N+](=O)[O-])c4)cs3)n12. The third kappa shape index (κ3) is 4.42. The number of thiazole rings is 1. The van der Waals surface area contributed by atoms with Gasteiger partial charge in [0.05, 0.1) is 21.4 Å². The second-order valence-corrected chi connectivity index (χ2v) is 10.7. The lowest BCUT2D eigenvalue weighted by Crippen LogP contribution is -2.22. The molecule has 1 amide bonds. The molecule has 0 saturated carbocycles. The minimum atomic E-state index is -0.468. The van der Waals surface area contributed by atoms with E-state index in [0.29, 0.717) is 21.5 Å². The molecule has 0 bridgehead atoms. The number of aromatic nitrogens is 4. The van der Waals surface area contributed by atoms with E-state index in [9.17, 15) is 14.9 Å². The Hall–Kier alpha value is -3.83. The van der Waals surface area contributed by atoms with Gasteiger partial charge in [-0.1, -0.05) is 35.5 Å². The standard InChI is InChI=1S/C25H22N6O3S2/c1-13-8-15(3)22-19(9-13)14(2)10-21-28-29-25(30(21)22)36-16(4)23(32)27-24-26-20(12-35-24)17-6-5-7-18(11-17)31(33)34/h5-12,16H,1-4H3,(H,26,27,32). The fraction of sp³-hybridized carbons (Fsp3) is 0.200. The molecule has 9 nitrogen and oxygen atoms in total. The molecule has 0 spiro atoms. The van der Waals surface area contributed by atoms with E-state index in [1.807, 2.05) is 17.4 Å². The number of pyridine rings is 1. The summed E-state index contributed by atoms with van der Waals surface area (Å²) >= 11 is 2.59. The Morgan fingerprint density at radius 1 is 1.14 bits per heavy atom. The smallest absolute Gasteiger partial charge is 0.270 e. The van der Waals surface area contributed by atoms with Crippen molar-refractivity contribution in [3.8, 4) is 11.3 Å². The molecule has 0 saturated heterocycles. The molecule has 0 aliphatic rings. The lowest BCUT2D eigenvalue weighted by atomic mass is 10.0. The van der Waals surface area contributed by atoms with Gasteiger partial charge in [-0.05, 0) is 51.0 Å². The third-order valence-corrected chi connectivity index (χ3v) is 7.64. The van der Waals surface area contributed by atoms with E-state index >= 15 is 0 Å². The summed E-state index contributed by atoms with van der Waals surface area (Å²) in [5, 5.41) is 26.1. The highest BCUT2D eigenvalue weighted by Crippen LogP contribution is 2.32. The lowest BCUT2D eigenvalue weighted by Gasteiger charge is -2.13. The van der Waals surface area contributed by atoms with E-state index in [-0.39, 0.29) is 11.6 Å². The second-order valence-electron chi connectivity index (χ2n) is 8.58. The Bertz CT molecular complexity index is 1660. The van der Waals surface area contributed by atoms with Crippen LogP contribution in [0.3, 0.4) is 0 Å². The number of hydrogen-bond acceptors (Lipinski definition) is 8. The zero-order chi connectivity index (χ0) is 25.6. The number of non-ortho nitro benzene ring substituents is 1. The number of nitrogens with one attached hydrogen (secondary N) is 1. The van der Waals surface area contributed by atoms with E-state index < -0.39 is 10.2 Å². The summed E-state index contributed by atoms with van der Waals surface area (Å²) in [6, 6.07) is 12.5. The third-order valence-electron chi connectivity index (χ3n) is 5.84. The molecule has 1 N–H and O–H groups in total. The maximum atomic E-state index is 13.0. The van der Waals surface area contributed by atoms with Crippen molar-refractivity contribution in [2.75, 3.05) is 5.32 Å². The molecule has 0 aliphatic carbocycles. The fourth-order valence-electron chi connectivity index (χ4n) is 4.15. The van der Waals surface area contributed by atoms with Gasteiger partial charge in [-0.2, -0.15) is 0 Å². The predicted molar refractivity (Wildman–Crippen MR) is 143 cm³/mol. The Labute approximate surface area is 214 Å². The second kappa shape index (κ2) is 9.32. The molecule has 36 heavy (non-hydrogen) atoms. The molecule has 182 valence electrons. The summed E-state index contributed by atoms with van der Waals surface area (Å²) < 4.78 is 2.01. The van der Waals surface area contributed by atoms with Gasteiger partial charge in [0.1, 0.15) is 0 Å². The van der Waals surface area contributed by atoms with Gasteiger partial charge in [0.15, 0.2) is 15.9 Å². The van der Waals surface area contributed by atoms with Crippen LogP contribution in [0, 0.1) is 30.9 Å². The van der Waals surface area contributed by atoms with Crippen LogP contribution in [0.15, 0.2) is 53.0 Å². The quantitative estimate of drug-likeness (QED) is 0.167. The minimum absolute atomic E-state index is 0.00948. The Balaban J connectivity index is 1.38. The Kier molecular flexibility index (Phi) is 6.19. The van der Waals surface area contributed by atoms with Crippen LogP contribution in [-0.4, -0.2) is 35.7 Å². The van der Waals surface area contributed by atoms with Crippen LogP contribution in [0.2, 0.25) is 0 Å². The highest BCUT2D eigenvalue weighted by atomic mass is 32.2. The first kappa shape index (κ1) is 23.9. The normalized spacial score (nSPS) is 12.2. The van der Waals surface area contributed by atoms with Gasteiger partial charge < -0.3 is 5.32 Å². The predicted octanol–water partition coefficient (Wildman–Crippen LogP) is 5.96. The highest BCUT2D eigenvalue weighted by molar-refractivity contribution is 8.00. The van der Waals surface area contributed by atoms with Crippen molar-refractivity contribution in [3.05, 3.63) is 74.6 Å². The van der Waals surface area contributed by atoms with Gasteiger partial charge in [0.25, 0.3) is 5.69 Å². The average Bonchev–Trinajstić information content (AvgIpc) is 3.46. The number of fused-ring (bicyclic) bond motifs is 3. The number of carbonyl (C=O) groups is 1. The molecule has 5 rings (SSSR count). The maximum absolute atomic E-state index is 13.0. The fourth-order valence-corrected chi connectivity index (χ4v) is 5.73. The van der Waals surface area contributed by atoms with E-state index in [4.69, 9.17) is 0 Å². The molecule has 0 radical (unpaired) electrons. The van der Waals surface area contributed by atoms with Crippen molar-refractivity contribution in [2.24, 2.45) is 0 Å². The summed E-state index contributed by atoms with van der Waals surface area (Å²) in [4.78, 5) is 28.0. The first-order valence-electron chi connectivity index (χ1n) is 11.1. The number of thioether (sulfide) groups is 1. The summed E-state index contributed by atoms with van der Waals surface area (Å²) in [7, 11) is 0. The molecular weight excluding hydrogens is 496 g/mol. The summed E-state index contributed by atoms with van der Waals surface area (Å²) in [6.07, 6.45) is 0. The van der Waals surface area contributed by atoms with Crippen LogP contribution in [-0.2, 0) is 4.79 Å². The number of nitro benzene ring substituents is 1. The Morgan fingerprint density at radius 3 is 2.72 bits per heavy atom. The van der Waals surface area contributed by atoms with Gasteiger partial charge in [0.2, 0.25) is 5.91 Å². The van der Waals surface area contributed by atoms with Crippen molar-refractivity contribution in [3.63, 3.8) is 0 Å². The van der Waals surface area contributed by atoms with Crippen molar-refractivity contribution < 1.29 is 9.72 Å². The maximum Gasteiger partial charge on any atom is 0.270 e. The average molecular weight is 519 g/mol. The minimum Gasteiger partial charge on any atom is -0.301 e. The number of benzene rings is 2. The number of nitrogens with zero attached hydrogens (tertiary/aromatic N) is 5. The first-order chi connectivity index (χ1) is 17.2. The molecule has 2 aromatic carbocycles. The van der Waals surface area contributed by atoms with Gasteiger partial charge in [0, 0.05) is 28.5 Å². The first-order valence-corrected chi connectivity index (χ1v) is 12.9. The number of anilines is 1. The van der Waals surface area contributed by atoms with Crippen molar-refractivity contribution in [1.82, 2.24) is 19.6 Å². The Morgan fingerprint density at radius 2 is 1.94 bits per heavy atom. The number of aryl methyl sites for hydroxylation is 3. The molecule has 11 heteroatoms. The van der Waals surface area contributed by atoms with E-state index in [0.717, 1.165) is 27.7 Å². The molecule has 3 heterocycles. The van der Waals surface area contributed by atoms with Crippen LogP contribution in [0.4, 0.5) is 10.8 Å². The molecule has 0 aliphatic heterocycles. The van der Waals surface area contributed by atoms with Crippen molar-refractivity contribution in [2.45, 2.75) is 38.1 Å². The molecular formula is C25H22N6O3S2. The van der Waals surface area contributed by atoms with E-state index in [2.05, 4.69) is 53.4 Å². The monoisotopic (exact) mass is 518 g/mol. The zero-order valence-electron chi connectivity index (χ0n) is 20.0. The van der Waals surface area contributed by atoms with Gasteiger partial charge in [-0.15, -0.1) is 21.5 Å².